The number of aromatic nitrogens is 1. The summed E-state index contributed by atoms with van der Waals surface area (Å²) in [6.45, 7) is 2.69. The largest absolute Gasteiger partial charge is 0.371 e. The summed E-state index contributed by atoms with van der Waals surface area (Å²) >= 11 is 0. The van der Waals surface area contributed by atoms with Crippen molar-refractivity contribution in [2.45, 2.75) is 12.7 Å². The molecule has 0 bridgehead atoms. The van der Waals surface area contributed by atoms with Crippen molar-refractivity contribution in [3.63, 3.8) is 0 Å². The molecule has 0 spiro atoms. The smallest absolute Gasteiger partial charge is 0.0828 e. The van der Waals surface area contributed by atoms with Gasteiger partial charge in [0.2, 0.25) is 0 Å². The van der Waals surface area contributed by atoms with E-state index in [1.165, 1.54) is 5.56 Å². The van der Waals surface area contributed by atoms with E-state index in [9.17, 15) is 0 Å². The zero-order valence-electron chi connectivity index (χ0n) is 6.86. The van der Waals surface area contributed by atoms with Crippen LogP contribution in [0.1, 0.15) is 5.56 Å². The molecule has 1 saturated heterocycles. The van der Waals surface area contributed by atoms with Crippen LogP contribution in [-0.2, 0) is 11.3 Å². The predicted molar refractivity (Wildman–Crippen MR) is 45.7 cm³/mol. The first kappa shape index (κ1) is 7.71. The third-order valence-corrected chi connectivity index (χ3v) is 1.98. The van der Waals surface area contributed by atoms with Crippen molar-refractivity contribution in [3.05, 3.63) is 30.1 Å². The molecule has 0 aromatic carbocycles. The van der Waals surface area contributed by atoms with Gasteiger partial charge in [0.05, 0.1) is 12.7 Å². The van der Waals surface area contributed by atoms with Gasteiger partial charge < -0.3 is 10.1 Å². The monoisotopic (exact) mass is 164 g/mol. The number of rotatable bonds is 3. The summed E-state index contributed by atoms with van der Waals surface area (Å²) in [6, 6.07) is 3.96. The van der Waals surface area contributed by atoms with Crippen LogP contribution in [0.4, 0.5) is 0 Å². The fraction of sp³-hybridized carbons (Fsp3) is 0.444. The fourth-order valence-corrected chi connectivity index (χ4v) is 1.07. The third-order valence-electron chi connectivity index (χ3n) is 1.98. The molecule has 1 aliphatic heterocycles. The summed E-state index contributed by atoms with van der Waals surface area (Å²) in [7, 11) is 0. The van der Waals surface area contributed by atoms with Crippen LogP contribution in [0.3, 0.4) is 0 Å². The molecule has 0 unspecified atom stereocenters. The average molecular weight is 164 g/mol. The molecule has 12 heavy (non-hydrogen) atoms. The second-order valence-corrected chi connectivity index (χ2v) is 2.95. The van der Waals surface area contributed by atoms with E-state index < -0.39 is 0 Å². The van der Waals surface area contributed by atoms with Gasteiger partial charge in [-0.3, -0.25) is 4.98 Å². The number of ether oxygens (including phenoxy) is 1. The summed E-state index contributed by atoms with van der Waals surface area (Å²) in [5.41, 5.74) is 1.19. The molecule has 1 aliphatic rings. The molecule has 1 aromatic heterocycles. The summed E-state index contributed by atoms with van der Waals surface area (Å²) < 4.78 is 5.57. The Morgan fingerprint density at radius 3 is 2.75 bits per heavy atom. The Morgan fingerprint density at radius 1 is 1.42 bits per heavy atom. The van der Waals surface area contributed by atoms with Gasteiger partial charge in [0.25, 0.3) is 0 Å². The van der Waals surface area contributed by atoms with Crippen molar-refractivity contribution >= 4 is 0 Å². The van der Waals surface area contributed by atoms with Gasteiger partial charge >= 0.3 is 0 Å². The molecule has 1 N–H and O–H groups in total. The van der Waals surface area contributed by atoms with Crippen molar-refractivity contribution in [3.8, 4) is 0 Å². The fourth-order valence-electron chi connectivity index (χ4n) is 1.07. The number of nitrogens with one attached hydrogen (secondary N) is 1. The first-order chi connectivity index (χ1) is 5.95. The minimum absolute atomic E-state index is 0.415. The van der Waals surface area contributed by atoms with E-state index in [2.05, 4.69) is 10.3 Å². The van der Waals surface area contributed by atoms with E-state index in [1.807, 2.05) is 12.1 Å². The van der Waals surface area contributed by atoms with E-state index in [0.717, 1.165) is 13.1 Å². The van der Waals surface area contributed by atoms with Crippen LogP contribution in [0.5, 0.6) is 0 Å². The second kappa shape index (κ2) is 3.65. The molecule has 1 fully saturated rings. The second-order valence-electron chi connectivity index (χ2n) is 2.95. The summed E-state index contributed by atoms with van der Waals surface area (Å²) in [5, 5.41) is 3.16. The predicted octanol–water partition coefficient (Wildman–Crippen LogP) is 0.570. The van der Waals surface area contributed by atoms with Crippen molar-refractivity contribution in [1.82, 2.24) is 10.3 Å². The lowest BCUT2D eigenvalue weighted by molar-refractivity contribution is 0.00756. The van der Waals surface area contributed by atoms with Crippen LogP contribution in [0.25, 0.3) is 0 Å². The maximum atomic E-state index is 5.57. The zero-order chi connectivity index (χ0) is 8.23. The lowest BCUT2D eigenvalue weighted by Crippen LogP contribution is -2.48. The lowest BCUT2D eigenvalue weighted by atomic mass is 10.2. The maximum Gasteiger partial charge on any atom is 0.0828 e. The molecule has 0 atom stereocenters. The van der Waals surface area contributed by atoms with Gasteiger partial charge in [-0.05, 0) is 17.7 Å². The van der Waals surface area contributed by atoms with E-state index in [1.54, 1.807) is 12.4 Å². The Labute approximate surface area is 71.8 Å². The van der Waals surface area contributed by atoms with E-state index in [0.29, 0.717) is 12.7 Å². The minimum Gasteiger partial charge on any atom is -0.371 e. The Bertz CT molecular complexity index is 234. The normalized spacial score (nSPS) is 17.3. The first-order valence-electron chi connectivity index (χ1n) is 4.16. The molecule has 2 rings (SSSR count). The Morgan fingerprint density at radius 2 is 2.17 bits per heavy atom. The summed E-state index contributed by atoms with van der Waals surface area (Å²) in [6.07, 6.45) is 3.99. The molecule has 1 aromatic rings. The van der Waals surface area contributed by atoms with Crippen molar-refractivity contribution in [2.75, 3.05) is 13.1 Å². The van der Waals surface area contributed by atoms with E-state index >= 15 is 0 Å². The molecule has 0 saturated carbocycles. The molecule has 64 valence electrons. The SMILES string of the molecule is c1cc(COC2CNC2)ccn1. The average Bonchev–Trinajstić information content (AvgIpc) is 2.04. The van der Waals surface area contributed by atoms with Crippen LogP contribution in [0.15, 0.2) is 24.5 Å². The molecule has 3 nitrogen and oxygen atoms in total. The van der Waals surface area contributed by atoms with Gasteiger partial charge in [-0.2, -0.15) is 0 Å². The summed E-state index contributed by atoms with van der Waals surface area (Å²) in [5.74, 6) is 0. The molecule has 2 heterocycles. The standard InChI is InChI=1S/C9H12N2O/c1-3-10-4-2-8(1)7-12-9-5-11-6-9/h1-4,9,11H,5-7H2. The number of pyridine rings is 1. The number of hydrogen-bond donors (Lipinski definition) is 1. The van der Waals surface area contributed by atoms with Crippen LogP contribution >= 0.6 is 0 Å². The highest BCUT2D eigenvalue weighted by Crippen LogP contribution is 2.04. The summed E-state index contributed by atoms with van der Waals surface area (Å²) in [4.78, 5) is 3.94. The van der Waals surface area contributed by atoms with Crippen LogP contribution in [-0.4, -0.2) is 24.2 Å². The first-order valence-corrected chi connectivity index (χ1v) is 4.16. The lowest BCUT2D eigenvalue weighted by Gasteiger charge is -2.27. The third kappa shape index (κ3) is 1.81. The van der Waals surface area contributed by atoms with Crippen LogP contribution in [0, 0.1) is 0 Å². The Balaban J connectivity index is 1.79. The maximum absolute atomic E-state index is 5.57. The molecule has 0 aliphatic carbocycles. The Hall–Kier alpha value is -0.930. The van der Waals surface area contributed by atoms with Crippen molar-refractivity contribution in [1.29, 1.82) is 0 Å². The zero-order valence-corrected chi connectivity index (χ0v) is 6.86. The minimum atomic E-state index is 0.415. The van der Waals surface area contributed by atoms with E-state index in [4.69, 9.17) is 4.74 Å². The molecular weight excluding hydrogens is 152 g/mol. The van der Waals surface area contributed by atoms with Crippen LogP contribution in [0.2, 0.25) is 0 Å². The van der Waals surface area contributed by atoms with Gasteiger partial charge in [-0.25, -0.2) is 0 Å². The quantitative estimate of drug-likeness (QED) is 0.709. The number of nitrogens with zero attached hydrogens (tertiary/aromatic N) is 1. The van der Waals surface area contributed by atoms with Crippen LogP contribution < -0.4 is 5.32 Å². The van der Waals surface area contributed by atoms with Crippen molar-refractivity contribution in [2.24, 2.45) is 0 Å². The Kier molecular flexibility index (Phi) is 2.34. The van der Waals surface area contributed by atoms with Crippen molar-refractivity contribution < 1.29 is 4.74 Å². The van der Waals surface area contributed by atoms with Gasteiger partial charge in [-0.1, -0.05) is 0 Å². The highest BCUT2D eigenvalue weighted by molar-refractivity contribution is 5.08. The molecule has 3 heteroatoms. The molecule has 0 amide bonds. The highest BCUT2D eigenvalue weighted by Gasteiger charge is 2.16. The topological polar surface area (TPSA) is 34.1 Å². The van der Waals surface area contributed by atoms with Gasteiger partial charge in [0, 0.05) is 25.5 Å². The molecular formula is C9H12N2O. The number of hydrogen-bond acceptors (Lipinski definition) is 3. The van der Waals surface area contributed by atoms with Gasteiger partial charge in [0.1, 0.15) is 0 Å². The highest BCUT2D eigenvalue weighted by atomic mass is 16.5. The van der Waals surface area contributed by atoms with Gasteiger partial charge in [0.15, 0.2) is 0 Å². The van der Waals surface area contributed by atoms with E-state index in [-0.39, 0.29) is 0 Å². The molecule has 0 radical (unpaired) electrons. The van der Waals surface area contributed by atoms with Gasteiger partial charge in [-0.15, -0.1) is 0 Å².